The second kappa shape index (κ2) is 6.53. The molecule has 1 amide bonds. The predicted octanol–water partition coefficient (Wildman–Crippen LogP) is 3.84. The number of carbonyl (C=O) groups is 1. The molecule has 1 unspecified atom stereocenters. The van der Waals surface area contributed by atoms with E-state index in [2.05, 4.69) is 5.32 Å². The Kier molecular flexibility index (Phi) is 4.52. The van der Waals surface area contributed by atoms with E-state index in [1.807, 2.05) is 67.6 Å². The number of benzene rings is 2. The molecule has 0 aromatic heterocycles. The van der Waals surface area contributed by atoms with E-state index < -0.39 is 5.92 Å². The molecule has 20 heavy (non-hydrogen) atoms. The molecule has 0 radical (unpaired) electrons. The van der Waals surface area contributed by atoms with Crippen LogP contribution in [-0.4, -0.2) is 5.91 Å². The quantitative estimate of drug-likeness (QED) is 0.912. The molecular weight excluding hydrogens is 248 g/mol. The standard InChI is InChI=1S/C17H16N2O/c1-2-13(12-18)17(20)19-16-11-7-6-10-15(16)14-8-4-3-5-9-14/h3-11,13H,2H2,1H3,(H,19,20). The number of hydrogen-bond donors (Lipinski definition) is 1. The van der Waals surface area contributed by atoms with E-state index in [-0.39, 0.29) is 5.91 Å². The number of para-hydroxylation sites is 1. The number of rotatable bonds is 4. The van der Waals surface area contributed by atoms with Crippen LogP contribution in [0, 0.1) is 17.2 Å². The van der Waals surface area contributed by atoms with E-state index in [4.69, 9.17) is 5.26 Å². The van der Waals surface area contributed by atoms with Crippen molar-refractivity contribution in [2.24, 2.45) is 5.92 Å². The van der Waals surface area contributed by atoms with Crippen molar-refractivity contribution in [1.82, 2.24) is 0 Å². The normalized spacial score (nSPS) is 11.4. The predicted molar refractivity (Wildman–Crippen MR) is 79.9 cm³/mol. The summed E-state index contributed by atoms with van der Waals surface area (Å²) in [6.45, 7) is 1.83. The lowest BCUT2D eigenvalue weighted by Crippen LogP contribution is -2.21. The van der Waals surface area contributed by atoms with Gasteiger partial charge in [0.15, 0.2) is 0 Å². The number of nitriles is 1. The number of hydrogen-bond acceptors (Lipinski definition) is 2. The van der Waals surface area contributed by atoms with Gasteiger partial charge in [0.25, 0.3) is 0 Å². The zero-order valence-electron chi connectivity index (χ0n) is 11.3. The van der Waals surface area contributed by atoms with E-state index in [0.29, 0.717) is 6.42 Å². The van der Waals surface area contributed by atoms with Crippen LogP contribution in [0.25, 0.3) is 11.1 Å². The van der Waals surface area contributed by atoms with Gasteiger partial charge >= 0.3 is 0 Å². The lowest BCUT2D eigenvalue weighted by Gasteiger charge is -2.13. The monoisotopic (exact) mass is 264 g/mol. The number of nitrogens with zero attached hydrogens (tertiary/aromatic N) is 1. The van der Waals surface area contributed by atoms with Crippen LogP contribution in [0.5, 0.6) is 0 Å². The van der Waals surface area contributed by atoms with Crippen molar-refractivity contribution in [3.8, 4) is 17.2 Å². The molecule has 0 heterocycles. The summed E-state index contributed by atoms with van der Waals surface area (Å²) in [6, 6.07) is 19.5. The molecule has 0 saturated heterocycles. The van der Waals surface area contributed by atoms with Gasteiger partial charge in [0.2, 0.25) is 5.91 Å². The minimum Gasteiger partial charge on any atom is -0.324 e. The van der Waals surface area contributed by atoms with Gasteiger partial charge in [0.1, 0.15) is 5.92 Å². The summed E-state index contributed by atoms with van der Waals surface area (Å²) in [4.78, 5) is 12.0. The average molecular weight is 264 g/mol. The Bertz CT molecular complexity index is 629. The minimum absolute atomic E-state index is 0.251. The third kappa shape index (κ3) is 3.04. The van der Waals surface area contributed by atoms with Crippen LogP contribution in [0.4, 0.5) is 5.69 Å². The molecule has 0 aliphatic heterocycles. The molecule has 1 N–H and O–H groups in total. The Morgan fingerprint density at radius 2 is 1.80 bits per heavy atom. The zero-order chi connectivity index (χ0) is 14.4. The van der Waals surface area contributed by atoms with E-state index in [0.717, 1.165) is 16.8 Å². The fourth-order valence-corrected chi connectivity index (χ4v) is 2.02. The van der Waals surface area contributed by atoms with Gasteiger partial charge in [-0.1, -0.05) is 55.5 Å². The molecular formula is C17H16N2O. The summed E-state index contributed by atoms with van der Waals surface area (Å²) in [5.74, 6) is -0.864. The fraction of sp³-hybridized carbons (Fsp3) is 0.176. The fourth-order valence-electron chi connectivity index (χ4n) is 2.02. The van der Waals surface area contributed by atoms with E-state index in [1.54, 1.807) is 0 Å². The van der Waals surface area contributed by atoms with Crippen molar-refractivity contribution in [3.63, 3.8) is 0 Å². The van der Waals surface area contributed by atoms with Gasteiger partial charge in [-0.3, -0.25) is 4.79 Å². The molecule has 2 aromatic carbocycles. The molecule has 100 valence electrons. The van der Waals surface area contributed by atoms with Gasteiger partial charge in [-0.2, -0.15) is 5.26 Å². The van der Waals surface area contributed by atoms with Crippen molar-refractivity contribution in [2.45, 2.75) is 13.3 Å². The average Bonchev–Trinajstić information content (AvgIpc) is 2.50. The van der Waals surface area contributed by atoms with Gasteiger partial charge in [-0.05, 0) is 18.1 Å². The summed E-state index contributed by atoms with van der Waals surface area (Å²) in [7, 11) is 0. The summed E-state index contributed by atoms with van der Waals surface area (Å²) in [5.41, 5.74) is 2.72. The van der Waals surface area contributed by atoms with Crippen LogP contribution >= 0.6 is 0 Å². The first kappa shape index (κ1) is 13.8. The maximum Gasteiger partial charge on any atom is 0.241 e. The Morgan fingerprint density at radius 3 is 2.45 bits per heavy atom. The molecule has 3 heteroatoms. The van der Waals surface area contributed by atoms with Crippen LogP contribution in [-0.2, 0) is 4.79 Å². The van der Waals surface area contributed by atoms with Crippen LogP contribution in [0.1, 0.15) is 13.3 Å². The Morgan fingerprint density at radius 1 is 1.15 bits per heavy atom. The van der Waals surface area contributed by atoms with Gasteiger partial charge in [0, 0.05) is 11.3 Å². The van der Waals surface area contributed by atoms with Crippen molar-refractivity contribution in [3.05, 3.63) is 54.6 Å². The third-order valence-electron chi connectivity index (χ3n) is 3.15. The molecule has 0 bridgehead atoms. The SMILES string of the molecule is CCC(C#N)C(=O)Nc1ccccc1-c1ccccc1. The van der Waals surface area contributed by atoms with Crippen LogP contribution < -0.4 is 5.32 Å². The minimum atomic E-state index is -0.612. The molecule has 0 aliphatic rings. The van der Waals surface area contributed by atoms with E-state index in [9.17, 15) is 4.79 Å². The number of amides is 1. The first-order valence-corrected chi connectivity index (χ1v) is 6.61. The van der Waals surface area contributed by atoms with E-state index in [1.165, 1.54) is 0 Å². The highest BCUT2D eigenvalue weighted by Gasteiger charge is 2.16. The molecule has 1 atom stereocenters. The molecule has 3 nitrogen and oxygen atoms in total. The topological polar surface area (TPSA) is 52.9 Å². The summed E-state index contributed by atoms with van der Waals surface area (Å²) >= 11 is 0. The Balaban J connectivity index is 2.30. The van der Waals surface area contributed by atoms with Crippen molar-refractivity contribution >= 4 is 11.6 Å². The maximum atomic E-state index is 12.0. The summed E-state index contributed by atoms with van der Waals surface area (Å²) in [5, 5.41) is 11.8. The molecule has 2 aromatic rings. The molecule has 0 fully saturated rings. The maximum absolute atomic E-state index is 12.0. The smallest absolute Gasteiger partial charge is 0.241 e. The third-order valence-corrected chi connectivity index (χ3v) is 3.15. The number of anilines is 1. The second-order valence-electron chi connectivity index (χ2n) is 4.49. The van der Waals surface area contributed by atoms with Gasteiger partial charge in [-0.15, -0.1) is 0 Å². The highest BCUT2D eigenvalue weighted by molar-refractivity contribution is 5.97. The zero-order valence-corrected chi connectivity index (χ0v) is 11.3. The Labute approximate surface area is 118 Å². The molecule has 0 spiro atoms. The molecule has 0 aliphatic carbocycles. The first-order valence-electron chi connectivity index (χ1n) is 6.61. The number of nitrogens with one attached hydrogen (secondary N) is 1. The highest BCUT2D eigenvalue weighted by atomic mass is 16.1. The lowest BCUT2D eigenvalue weighted by atomic mass is 10.0. The molecule has 0 saturated carbocycles. The van der Waals surface area contributed by atoms with E-state index >= 15 is 0 Å². The summed E-state index contributed by atoms with van der Waals surface area (Å²) < 4.78 is 0. The van der Waals surface area contributed by atoms with Gasteiger partial charge in [-0.25, -0.2) is 0 Å². The Hall–Kier alpha value is -2.60. The largest absolute Gasteiger partial charge is 0.324 e. The van der Waals surface area contributed by atoms with Crippen LogP contribution in [0.15, 0.2) is 54.6 Å². The first-order chi connectivity index (χ1) is 9.76. The van der Waals surface area contributed by atoms with Crippen molar-refractivity contribution in [2.75, 3.05) is 5.32 Å². The molecule has 2 rings (SSSR count). The summed E-state index contributed by atoms with van der Waals surface area (Å²) in [6.07, 6.45) is 0.510. The number of carbonyl (C=O) groups excluding carboxylic acids is 1. The highest BCUT2D eigenvalue weighted by Crippen LogP contribution is 2.27. The lowest BCUT2D eigenvalue weighted by molar-refractivity contribution is -0.118. The van der Waals surface area contributed by atoms with Crippen LogP contribution in [0.3, 0.4) is 0 Å². The second-order valence-corrected chi connectivity index (χ2v) is 4.49. The van der Waals surface area contributed by atoms with Gasteiger partial charge in [0.05, 0.1) is 6.07 Å². The van der Waals surface area contributed by atoms with Crippen molar-refractivity contribution in [1.29, 1.82) is 5.26 Å². The van der Waals surface area contributed by atoms with Crippen molar-refractivity contribution < 1.29 is 4.79 Å². The van der Waals surface area contributed by atoms with Crippen LogP contribution in [0.2, 0.25) is 0 Å². The van der Waals surface area contributed by atoms with Gasteiger partial charge < -0.3 is 5.32 Å².